The fraction of sp³-hybridized carbons (Fsp3) is 0.462. The van der Waals surface area contributed by atoms with E-state index in [2.05, 4.69) is 25.7 Å². The Bertz CT molecular complexity index is 501. The van der Waals surface area contributed by atoms with Gasteiger partial charge < -0.3 is 5.32 Å². The lowest BCUT2D eigenvalue weighted by Gasteiger charge is -2.18. The Morgan fingerprint density at radius 2 is 2.00 bits per heavy atom. The molecule has 1 N–H and O–H groups in total. The molecule has 1 fully saturated rings. The second-order valence-electron chi connectivity index (χ2n) is 4.72. The van der Waals surface area contributed by atoms with Gasteiger partial charge in [-0.2, -0.15) is 4.68 Å². The molecule has 0 unspecified atom stereocenters. The number of para-hydroxylation sites is 1. The summed E-state index contributed by atoms with van der Waals surface area (Å²) < 4.78 is 1.82. The van der Waals surface area contributed by atoms with Crippen LogP contribution in [0.4, 0.5) is 0 Å². The largest absolute Gasteiger partial charge is 0.315 e. The molecule has 1 saturated heterocycles. The van der Waals surface area contributed by atoms with Crippen LogP contribution in [0.2, 0.25) is 0 Å². The molecule has 0 radical (unpaired) electrons. The van der Waals surface area contributed by atoms with Crippen LogP contribution in [-0.4, -0.2) is 51.3 Å². The highest BCUT2D eigenvalue weighted by molar-refractivity contribution is 5.30. The maximum absolute atomic E-state index is 4.16. The zero-order valence-electron chi connectivity index (χ0n) is 10.9. The van der Waals surface area contributed by atoms with E-state index in [1.54, 1.807) is 0 Å². The molecule has 1 aliphatic rings. The normalized spacial score (nSPS) is 17.3. The van der Waals surface area contributed by atoms with Gasteiger partial charge in [-0.15, -0.1) is 5.10 Å². The molecule has 2 heterocycles. The molecule has 0 aliphatic carbocycles. The standard InChI is InChI=1S/C13H18N6/c1-2-5-12(6-3-1)19-13(15-16-17-19)11-18-9-4-7-14-8-10-18/h1-3,5-6,14H,4,7-11H2. The maximum atomic E-state index is 4.16. The molecule has 6 heteroatoms. The van der Waals surface area contributed by atoms with E-state index < -0.39 is 0 Å². The molecule has 0 amide bonds. The minimum Gasteiger partial charge on any atom is -0.315 e. The van der Waals surface area contributed by atoms with E-state index in [1.165, 1.54) is 6.42 Å². The summed E-state index contributed by atoms with van der Waals surface area (Å²) in [6, 6.07) is 10.0. The van der Waals surface area contributed by atoms with Gasteiger partial charge in [0.2, 0.25) is 0 Å². The fourth-order valence-electron chi connectivity index (χ4n) is 2.33. The van der Waals surface area contributed by atoms with Crippen LogP contribution in [0, 0.1) is 0 Å². The van der Waals surface area contributed by atoms with Crippen LogP contribution in [0.5, 0.6) is 0 Å². The summed E-state index contributed by atoms with van der Waals surface area (Å²) in [5, 5.41) is 15.5. The molecule has 0 bridgehead atoms. The van der Waals surface area contributed by atoms with Crippen molar-refractivity contribution < 1.29 is 0 Å². The number of rotatable bonds is 3. The molecule has 0 atom stereocenters. The number of nitrogens with zero attached hydrogens (tertiary/aromatic N) is 5. The summed E-state index contributed by atoms with van der Waals surface area (Å²) in [4.78, 5) is 2.39. The van der Waals surface area contributed by atoms with E-state index in [-0.39, 0.29) is 0 Å². The second kappa shape index (κ2) is 5.90. The lowest BCUT2D eigenvalue weighted by molar-refractivity contribution is 0.275. The minimum atomic E-state index is 0.795. The first-order chi connectivity index (χ1) is 9.43. The summed E-state index contributed by atoms with van der Waals surface area (Å²) in [6.45, 7) is 5.06. The Morgan fingerprint density at radius 3 is 2.89 bits per heavy atom. The van der Waals surface area contributed by atoms with Crippen molar-refractivity contribution in [2.75, 3.05) is 26.2 Å². The van der Waals surface area contributed by atoms with Crippen molar-refractivity contribution in [1.82, 2.24) is 30.4 Å². The first kappa shape index (κ1) is 12.3. The summed E-state index contributed by atoms with van der Waals surface area (Å²) in [7, 11) is 0. The van der Waals surface area contributed by atoms with Gasteiger partial charge in [-0.25, -0.2) is 0 Å². The second-order valence-corrected chi connectivity index (χ2v) is 4.72. The first-order valence-electron chi connectivity index (χ1n) is 6.69. The van der Waals surface area contributed by atoms with E-state index >= 15 is 0 Å². The summed E-state index contributed by atoms with van der Waals surface area (Å²) >= 11 is 0. The van der Waals surface area contributed by atoms with E-state index in [0.717, 1.165) is 44.2 Å². The Hall–Kier alpha value is -1.79. The zero-order valence-corrected chi connectivity index (χ0v) is 10.9. The van der Waals surface area contributed by atoms with E-state index in [9.17, 15) is 0 Å². The Labute approximate surface area is 112 Å². The lowest BCUT2D eigenvalue weighted by atomic mass is 10.3. The van der Waals surface area contributed by atoms with Gasteiger partial charge in [0.05, 0.1) is 12.2 Å². The molecule has 0 saturated carbocycles. The first-order valence-corrected chi connectivity index (χ1v) is 6.69. The van der Waals surface area contributed by atoms with Crippen LogP contribution < -0.4 is 5.32 Å². The van der Waals surface area contributed by atoms with Crippen molar-refractivity contribution in [3.05, 3.63) is 36.2 Å². The molecule has 2 aromatic rings. The van der Waals surface area contributed by atoms with E-state index in [4.69, 9.17) is 0 Å². The molecular formula is C13H18N6. The smallest absolute Gasteiger partial charge is 0.170 e. The van der Waals surface area contributed by atoms with Gasteiger partial charge in [-0.3, -0.25) is 4.90 Å². The van der Waals surface area contributed by atoms with Gasteiger partial charge >= 0.3 is 0 Å². The molecule has 19 heavy (non-hydrogen) atoms. The Balaban J connectivity index is 1.76. The monoisotopic (exact) mass is 258 g/mol. The average Bonchev–Trinajstić information content (AvgIpc) is 2.75. The van der Waals surface area contributed by atoms with Gasteiger partial charge in [0.25, 0.3) is 0 Å². The van der Waals surface area contributed by atoms with Gasteiger partial charge in [-0.05, 0) is 42.1 Å². The van der Waals surface area contributed by atoms with Crippen molar-refractivity contribution in [3.8, 4) is 5.69 Å². The SMILES string of the molecule is c1ccc(-n2nnnc2CN2CCCNCC2)cc1. The van der Waals surface area contributed by atoms with Crippen molar-refractivity contribution in [3.63, 3.8) is 0 Å². The summed E-state index contributed by atoms with van der Waals surface area (Å²) in [5.74, 6) is 0.896. The molecule has 1 aliphatic heterocycles. The minimum absolute atomic E-state index is 0.795. The molecule has 100 valence electrons. The number of nitrogens with one attached hydrogen (secondary N) is 1. The highest BCUT2D eigenvalue weighted by atomic mass is 15.5. The molecule has 1 aromatic carbocycles. The number of hydrogen-bond acceptors (Lipinski definition) is 5. The third kappa shape index (κ3) is 2.97. The Kier molecular flexibility index (Phi) is 3.81. The van der Waals surface area contributed by atoms with Crippen LogP contribution in [0.15, 0.2) is 30.3 Å². The molecular weight excluding hydrogens is 240 g/mol. The van der Waals surface area contributed by atoms with Crippen LogP contribution >= 0.6 is 0 Å². The van der Waals surface area contributed by atoms with Crippen molar-refractivity contribution in [2.24, 2.45) is 0 Å². The molecule has 3 rings (SSSR count). The number of aromatic nitrogens is 4. The van der Waals surface area contributed by atoms with Gasteiger partial charge in [0.15, 0.2) is 5.82 Å². The number of tetrazole rings is 1. The third-order valence-corrected chi connectivity index (χ3v) is 3.33. The van der Waals surface area contributed by atoms with Gasteiger partial charge in [0, 0.05) is 13.1 Å². The quantitative estimate of drug-likeness (QED) is 0.866. The van der Waals surface area contributed by atoms with E-state index in [1.807, 2.05) is 35.0 Å². The topological polar surface area (TPSA) is 58.9 Å². The molecule has 6 nitrogen and oxygen atoms in total. The van der Waals surface area contributed by atoms with Crippen molar-refractivity contribution in [1.29, 1.82) is 0 Å². The predicted octanol–water partition coefficient (Wildman–Crippen LogP) is 0.458. The van der Waals surface area contributed by atoms with Crippen molar-refractivity contribution in [2.45, 2.75) is 13.0 Å². The lowest BCUT2D eigenvalue weighted by Crippen LogP contribution is -2.29. The third-order valence-electron chi connectivity index (χ3n) is 3.33. The van der Waals surface area contributed by atoms with Crippen LogP contribution in [0.3, 0.4) is 0 Å². The number of benzene rings is 1. The summed E-state index contributed by atoms with van der Waals surface area (Å²) in [6.07, 6.45) is 1.17. The zero-order chi connectivity index (χ0) is 12.9. The highest BCUT2D eigenvalue weighted by Gasteiger charge is 2.14. The molecule has 0 spiro atoms. The Morgan fingerprint density at radius 1 is 1.11 bits per heavy atom. The summed E-state index contributed by atoms with van der Waals surface area (Å²) in [5.41, 5.74) is 1.01. The number of hydrogen-bond donors (Lipinski definition) is 1. The highest BCUT2D eigenvalue weighted by Crippen LogP contribution is 2.09. The van der Waals surface area contributed by atoms with Gasteiger partial charge in [-0.1, -0.05) is 18.2 Å². The molecule has 1 aromatic heterocycles. The van der Waals surface area contributed by atoms with Crippen molar-refractivity contribution >= 4 is 0 Å². The van der Waals surface area contributed by atoms with Crippen LogP contribution in [0.1, 0.15) is 12.2 Å². The van der Waals surface area contributed by atoms with Crippen LogP contribution in [-0.2, 0) is 6.54 Å². The fourth-order valence-corrected chi connectivity index (χ4v) is 2.33. The van der Waals surface area contributed by atoms with Crippen LogP contribution in [0.25, 0.3) is 5.69 Å². The maximum Gasteiger partial charge on any atom is 0.170 e. The predicted molar refractivity (Wildman–Crippen MR) is 71.9 cm³/mol. The van der Waals surface area contributed by atoms with Gasteiger partial charge in [0.1, 0.15) is 0 Å². The average molecular weight is 258 g/mol. The van der Waals surface area contributed by atoms with E-state index in [0.29, 0.717) is 0 Å².